The Balaban J connectivity index is 1.51. The van der Waals surface area contributed by atoms with Crippen LogP contribution >= 0.6 is 23.4 Å². The van der Waals surface area contributed by atoms with Crippen LogP contribution in [0.4, 0.5) is 0 Å². The van der Waals surface area contributed by atoms with Gasteiger partial charge in [-0.1, -0.05) is 47.6 Å². The van der Waals surface area contributed by atoms with E-state index in [0.29, 0.717) is 18.2 Å². The lowest BCUT2D eigenvalue weighted by Gasteiger charge is -2.16. The molecule has 0 spiro atoms. The van der Waals surface area contributed by atoms with Crippen LogP contribution in [-0.2, 0) is 20.2 Å². The molecule has 1 N–H and O–H groups in total. The number of tetrazole rings is 1. The average molecular weight is 434 g/mol. The third-order valence-corrected chi connectivity index (χ3v) is 5.51. The molecule has 0 bridgehead atoms. The van der Waals surface area contributed by atoms with Gasteiger partial charge in [0.1, 0.15) is 6.61 Å². The van der Waals surface area contributed by atoms with Gasteiger partial charge in [0.05, 0.1) is 7.11 Å². The minimum Gasteiger partial charge on any atom is -0.493 e. The molecule has 0 saturated carbocycles. The fourth-order valence-electron chi connectivity index (χ4n) is 2.73. The fourth-order valence-corrected chi connectivity index (χ4v) is 3.74. The van der Waals surface area contributed by atoms with E-state index in [1.807, 2.05) is 49.5 Å². The summed E-state index contributed by atoms with van der Waals surface area (Å²) in [5, 5.41) is 16.4. The van der Waals surface area contributed by atoms with Crippen molar-refractivity contribution >= 4 is 23.4 Å². The highest BCUT2D eigenvalue weighted by atomic mass is 35.5. The molecular weight excluding hydrogens is 410 g/mol. The average Bonchev–Trinajstić information content (AvgIpc) is 3.14. The lowest BCUT2D eigenvalue weighted by molar-refractivity contribution is 0.280. The van der Waals surface area contributed by atoms with Gasteiger partial charge in [0.2, 0.25) is 5.16 Å². The Morgan fingerprint density at radius 3 is 2.83 bits per heavy atom. The van der Waals surface area contributed by atoms with Gasteiger partial charge in [0, 0.05) is 29.9 Å². The monoisotopic (exact) mass is 433 g/mol. The number of nitrogens with zero attached hydrogens (tertiary/aromatic N) is 4. The van der Waals surface area contributed by atoms with Crippen molar-refractivity contribution in [1.29, 1.82) is 0 Å². The summed E-state index contributed by atoms with van der Waals surface area (Å²) in [4.78, 5) is 0. The summed E-state index contributed by atoms with van der Waals surface area (Å²) < 4.78 is 13.3. The van der Waals surface area contributed by atoms with Crippen LogP contribution in [0.3, 0.4) is 0 Å². The number of thioether (sulfide) groups is 1. The lowest BCUT2D eigenvalue weighted by atomic mass is 10.1. The fraction of sp³-hybridized carbons (Fsp3) is 0.350. The van der Waals surface area contributed by atoms with E-state index in [9.17, 15) is 0 Å². The second kappa shape index (κ2) is 11.0. The molecule has 0 aliphatic heterocycles. The van der Waals surface area contributed by atoms with Crippen molar-refractivity contribution in [2.24, 2.45) is 7.05 Å². The number of methoxy groups -OCH3 is 1. The molecule has 154 valence electrons. The zero-order valence-corrected chi connectivity index (χ0v) is 18.0. The summed E-state index contributed by atoms with van der Waals surface area (Å²) in [6, 6.07) is 13.6. The van der Waals surface area contributed by atoms with Crippen molar-refractivity contribution in [3.05, 3.63) is 58.6 Å². The van der Waals surface area contributed by atoms with E-state index in [-0.39, 0.29) is 0 Å². The largest absolute Gasteiger partial charge is 0.493 e. The van der Waals surface area contributed by atoms with Crippen molar-refractivity contribution in [2.75, 3.05) is 19.4 Å². The minimum absolute atomic E-state index is 0.427. The molecule has 0 amide bonds. The van der Waals surface area contributed by atoms with E-state index in [1.54, 1.807) is 23.6 Å². The predicted molar refractivity (Wildman–Crippen MR) is 115 cm³/mol. The van der Waals surface area contributed by atoms with Crippen molar-refractivity contribution in [3.8, 4) is 11.5 Å². The molecule has 0 aliphatic rings. The van der Waals surface area contributed by atoms with Crippen LogP contribution in [0.25, 0.3) is 0 Å². The molecule has 2 aromatic carbocycles. The van der Waals surface area contributed by atoms with Crippen LogP contribution in [-0.4, -0.2) is 39.6 Å². The molecule has 7 nitrogen and oxygen atoms in total. The molecule has 0 aliphatic carbocycles. The van der Waals surface area contributed by atoms with Crippen LogP contribution in [0.1, 0.15) is 17.5 Å². The van der Waals surface area contributed by atoms with Crippen molar-refractivity contribution in [3.63, 3.8) is 0 Å². The first-order chi connectivity index (χ1) is 14.2. The van der Waals surface area contributed by atoms with E-state index in [4.69, 9.17) is 21.1 Å². The van der Waals surface area contributed by atoms with E-state index in [2.05, 4.69) is 20.8 Å². The van der Waals surface area contributed by atoms with E-state index < -0.39 is 0 Å². The molecule has 0 saturated heterocycles. The number of hydrogen-bond donors (Lipinski definition) is 1. The second-order valence-corrected chi connectivity index (χ2v) is 7.83. The molecule has 0 radical (unpaired) electrons. The molecule has 0 unspecified atom stereocenters. The molecule has 9 heteroatoms. The van der Waals surface area contributed by atoms with Gasteiger partial charge >= 0.3 is 0 Å². The highest BCUT2D eigenvalue weighted by Gasteiger charge is 2.11. The quantitative estimate of drug-likeness (QED) is 0.365. The van der Waals surface area contributed by atoms with Gasteiger partial charge in [0.25, 0.3) is 0 Å². The lowest BCUT2D eigenvalue weighted by Crippen LogP contribution is -2.16. The number of ether oxygens (including phenoxy) is 2. The number of nitrogens with one attached hydrogen (secondary N) is 1. The number of aromatic nitrogens is 4. The molecule has 3 rings (SSSR count). The number of para-hydroxylation sites is 1. The maximum absolute atomic E-state index is 6.09. The van der Waals surface area contributed by atoms with Gasteiger partial charge in [-0.2, -0.15) is 0 Å². The minimum atomic E-state index is 0.427. The van der Waals surface area contributed by atoms with E-state index in [0.717, 1.165) is 46.5 Å². The number of aryl methyl sites for hydroxylation is 1. The number of rotatable bonds is 11. The van der Waals surface area contributed by atoms with E-state index >= 15 is 0 Å². The molecule has 29 heavy (non-hydrogen) atoms. The summed E-state index contributed by atoms with van der Waals surface area (Å²) in [7, 11) is 3.49. The molecule has 1 aromatic heterocycles. The normalized spacial score (nSPS) is 10.9. The highest BCUT2D eigenvalue weighted by Crippen LogP contribution is 2.32. The zero-order chi connectivity index (χ0) is 20.5. The third-order valence-electron chi connectivity index (χ3n) is 4.18. The van der Waals surface area contributed by atoms with Gasteiger partial charge in [-0.15, -0.1) is 5.10 Å². The smallest absolute Gasteiger partial charge is 0.209 e. The zero-order valence-electron chi connectivity index (χ0n) is 16.5. The molecule has 3 aromatic rings. The first-order valence-corrected chi connectivity index (χ1v) is 10.6. The Morgan fingerprint density at radius 2 is 2.07 bits per heavy atom. The van der Waals surface area contributed by atoms with Gasteiger partial charge < -0.3 is 14.8 Å². The first kappa shape index (κ1) is 21.4. The number of benzene rings is 2. The first-order valence-electron chi connectivity index (χ1n) is 9.26. The Kier molecular flexibility index (Phi) is 8.15. The molecular formula is C20H24ClN5O2S. The van der Waals surface area contributed by atoms with Gasteiger partial charge in [-0.3, -0.25) is 0 Å². The van der Waals surface area contributed by atoms with Crippen LogP contribution < -0.4 is 14.8 Å². The van der Waals surface area contributed by atoms with Crippen molar-refractivity contribution in [2.45, 2.75) is 24.7 Å². The maximum atomic E-state index is 6.09. The molecule has 0 fully saturated rings. The summed E-state index contributed by atoms with van der Waals surface area (Å²) in [5.74, 6) is 2.41. The van der Waals surface area contributed by atoms with Gasteiger partial charge in [0.15, 0.2) is 11.5 Å². The predicted octanol–water partition coefficient (Wildman–Crippen LogP) is 3.72. The third kappa shape index (κ3) is 6.35. The van der Waals surface area contributed by atoms with Crippen LogP contribution in [0.5, 0.6) is 11.5 Å². The van der Waals surface area contributed by atoms with Crippen LogP contribution in [0.2, 0.25) is 5.02 Å². The number of halogens is 1. The van der Waals surface area contributed by atoms with Crippen molar-refractivity contribution in [1.82, 2.24) is 25.5 Å². The summed E-state index contributed by atoms with van der Waals surface area (Å²) >= 11 is 7.71. The Morgan fingerprint density at radius 1 is 1.21 bits per heavy atom. The van der Waals surface area contributed by atoms with Crippen molar-refractivity contribution < 1.29 is 9.47 Å². The van der Waals surface area contributed by atoms with Crippen LogP contribution in [0, 0.1) is 0 Å². The van der Waals surface area contributed by atoms with E-state index in [1.165, 1.54) is 0 Å². The van der Waals surface area contributed by atoms with Crippen LogP contribution in [0.15, 0.2) is 47.6 Å². The molecule has 1 heterocycles. The Hall–Kier alpha value is -2.29. The Labute approximate surface area is 179 Å². The summed E-state index contributed by atoms with van der Waals surface area (Å²) in [6.07, 6.45) is 1.00. The maximum Gasteiger partial charge on any atom is 0.209 e. The summed E-state index contributed by atoms with van der Waals surface area (Å²) in [6.45, 7) is 2.00. The summed E-state index contributed by atoms with van der Waals surface area (Å²) in [5.41, 5.74) is 2.06. The SMILES string of the molecule is COc1cccc(CNCCCSc2nnnn2C)c1OCc1cccc(Cl)c1. The van der Waals surface area contributed by atoms with Gasteiger partial charge in [-0.05, 0) is 47.2 Å². The highest BCUT2D eigenvalue weighted by molar-refractivity contribution is 7.99. The topological polar surface area (TPSA) is 74.1 Å². The second-order valence-electron chi connectivity index (χ2n) is 6.33. The molecule has 0 atom stereocenters. The van der Waals surface area contributed by atoms with Gasteiger partial charge in [-0.25, -0.2) is 4.68 Å². The standard InChI is InChI=1S/C20H24ClN5O2S/c1-26-20(23-24-25-26)29-11-5-10-22-13-16-7-4-9-18(27-2)19(16)28-14-15-6-3-8-17(21)12-15/h3-4,6-9,12,22H,5,10-11,13-14H2,1-2H3. The Bertz CT molecular complexity index is 921. The number of hydrogen-bond acceptors (Lipinski definition) is 7.